The lowest BCUT2D eigenvalue weighted by Crippen LogP contribution is -2.19. The van der Waals surface area contributed by atoms with Crippen LogP contribution in [0.25, 0.3) is 5.69 Å². The average molecular weight is 198 g/mol. The van der Waals surface area contributed by atoms with E-state index in [0.29, 0.717) is 0 Å². The molecule has 0 N–H and O–H groups in total. The van der Waals surface area contributed by atoms with E-state index in [9.17, 15) is 4.79 Å². The Labute approximate surface area is 87.0 Å². The van der Waals surface area contributed by atoms with Crippen LogP contribution in [0.3, 0.4) is 0 Å². The number of hydrogen-bond acceptors (Lipinski definition) is 2. The van der Waals surface area contributed by atoms with Crippen molar-refractivity contribution in [3.05, 3.63) is 57.8 Å². The summed E-state index contributed by atoms with van der Waals surface area (Å²) in [6, 6.07) is 9.51. The molecular weight excluding hydrogens is 188 g/mol. The van der Waals surface area contributed by atoms with Crippen LogP contribution in [0, 0.1) is 6.92 Å². The van der Waals surface area contributed by atoms with Crippen molar-refractivity contribution in [3.8, 4) is 5.69 Å². The zero-order chi connectivity index (χ0) is 10.4. The Hall–Kier alpha value is -1.90. The first-order chi connectivity index (χ1) is 7.25. The largest absolute Gasteiger partial charge is 0.269 e. The summed E-state index contributed by atoms with van der Waals surface area (Å²) < 4.78 is 1.70. The molecule has 0 saturated carbocycles. The number of aryl methyl sites for hydroxylation is 1. The van der Waals surface area contributed by atoms with E-state index in [1.54, 1.807) is 10.6 Å². The summed E-state index contributed by atoms with van der Waals surface area (Å²) >= 11 is 0. The van der Waals surface area contributed by atoms with Crippen LogP contribution < -0.4 is 5.56 Å². The van der Waals surface area contributed by atoms with Gasteiger partial charge in [-0.25, -0.2) is 4.98 Å². The van der Waals surface area contributed by atoms with Gasteiger partial charge in [0.15, 0.2) is 0 Å². The van der Waals surface area contributed by atoms with Crippen LogP contribution in [-0.2, 0) is 6.42 Å². The molecule has 0 saturated heterocycles. The molecule has 1 aliphatic rings. The summed E-state index contributed by atoms with van der Waals surface area (Å²) in [5.74, 6) is 0.848. The minimum atomic E-state index is 0.0162. The van der Waals surface area contributed by atoms with Crippen molar-refractivity contribution < 1.29 is 0 Å². The third-order valence-electron chi connectivity index (χ3n) is 2.70. The summed E-state index contributed by atoms with van der Waals surface area (Å²) in [6.07, 6.45) is 0.757. The highest BCUT2D eigenvalue weighted by molar-refractivity contribution is 5.48. The van der Waals surface area contributed by atoms with E-state index < -0.39 is 0 Å². The van der Waals surface area contributed by atoms with Crippen LogP contribution in [0.4, 0.5) is 0 Å². The fraction of sp³-hybridized carbons (Fsp3) is 0.167. The molecule has 0 amide bonds. The molecule has 0 atom stereocenters. The molecule has 3 rings (SSSR count). The highest BCUT2D eigenvalue weighted by Crippen LogP contribution is 2.23. The predicted molar refractivity (Wildman–Crippen MR) is 57.4 cm³/mol. The molecule has 0 fully saturated rings. The number of para-hydroxylation sites is 1. The maximum atomic E-state index is 11.8. The SMILES string of the molecule is Cc1cc(=O)n2c(n1)Cc1ccccc1-2. The van der Waals surface area contributed by atoms with E-state index >= 15 is 0 Å². The molecule has 0 spiro atoms. The topological polar surface area (TPSA) is 34.9 Å². The van der Waals surface area contributed by atoms with Gasteiger partial charge in [-0.2, -0.15) is 0 Å². The summed E-state index contributed by atoms with van der Waals surface area (Å²) in [4.78, 5) is 16.2. The Morgan fingerprint density at radius 2 is 2.13 bits per heavy atom. The highest BCUT2D eigenvalue weighted by Gasteiger charge is 2.19. The number of rotatable bonds is 0. The molecule has 0 unspecified atom stereocenters. The zero-order valence-corrected chi connectivity index (χ0v) is 8.40. The van der Waals surface area contributed by atoms with Crippen molar-refractivity contribution in [2.24, 2.45) is 0 Å². The van der Waals surface area contributed by atoms with Crippen molar-refractivity contribution in [2.75, 3.05) is 0 Å². The molecule has 0 bridgehead atoms. The van der Waals surface area contributed by atoms with Gasteiger partial charge in [0.25, 0.3) is 5.56 Å². The van der Waals surface area contributed by atoms with E-state index in [-0.39, 0.29) is 5.56 Å². The molecule has 1 aromatic heterocycles. The number of aromatic nitrogens is 2. The molecule has 2 heterocycles. The van der Waals surface area contributed by atoms with Crippen molar-refractivity contribution in [1.82, 2.24) is 9.55 Å². The number of hydrogen-bond donors (Lipinski definition) is 0. The Morgan fingerprint density at radius 3 is 3.00 bits per heavy atom. The Kier molecular flexibility index (Phi) is 1.57. The predicted octanol–water partition coefficient (Wildman–Crippen LogP) is 1.45. The lowest BCUT2D eigenvalue weighted by molar-refractivity contribution is 0.869. The van der Waals surface area contributed by atoms with E-state index in [1.807, 2.05) is 31.2 Å². The molecule has 1 aromatic carbocycles. The average Bonchev–Trinajstić information content (AvgIpc) is 2.54. The molecule has 0 radical (unpaired) electrons. The zero-order valence-electron chi connectivity index (χ0n) is 8.40. The number of benzene rings is 1. The molecule has 15 heavy (non-hydrogen) atoms. The molecule has 74 valence electrons. The maximum absolute atomic E-state index is 11.8. The summed E-state index contributed by atoms with van der Waals surface area (Å²) in [5.41, 5.74) is 2.96. The maximum Gasteiger partial charge on any atom is 0.258 e. The summed E-state index contributed by atoms with van der Waals surface area (Å²) in [5, 5.41) is 0. The van der Waals surface area contributed by atoms with Gasteiger partial charge in [0.1, 0.15) is 5.82 Å². The standard InChI is InChI=1S/C12H10N2O/c1-8-6-12(15)14-10-5-3-2-4-9(10)7-11(14)13-8/h2-6H,7H2,1H3. The molecule has 1 aliphatic heterocycles. The summed E-state index contributed by atoms with van der Waals surface area (Å²) in [6.45, 7) is 1.85. The number of fused-ring (bicyclic) bond motifs is 3. The molecule has 3 nitrogen and oxygen atoms in total. The third kappa shape index (κ3) is 1.13. The normalized spacial score (nSPS) is 12.3. The van der Waals surface area contributed by atoms with Crippen molar-refractivity contribution in [2.45, 2.75) is 13.3 Å². The lowest BCUT2D eigenvalue weighted by Gasteiger charge is -2.03. The van der Waals surface area contributed by atoms with E-state index in [1.165, 1.54) is 5.56 Å². The Balaban J connectivity index is 2.38. The van der Waals surface area contributed by atoms with Crippen LogP contribution in [-0.4, -0.2) is 9.55 Å². The van der Waals surface area contributed by atoms with Crippen molar-refractivity contribution >= 4 is 0 Å². The van der Waals surface area contributed by atoms with Gasteiger partial charge in [0.05, 0.1) is 5.69 Å². The second-order valence-electron chi connectivity index (χ2n) is 3.79. The fourth-order valence-corrected chi connectivity index (χ4v) is 2.08. The van der Waals surface area contributed by atoms with Gasteiger partial charge in [-0.3, -0.25) is 9.36 Å². The van der Waals surface area contributed by atoms with E-state index in [2.05, 4.69) is 4.98 Å². The van der Waals surface area contributed by atoms with Crippen LogP contribution in [0.2, 0.25) is 0 Å². The second-order valence-corrected chi connectivity index (χ2v) is 3.79. The fourth-order valence-electron chi connectivity index (χ4n) is 2.08. The van der Waals surface area contributed by atoms with Gasteiger partial charge >= 0.3 is 0 Å². The number of nitrogens with zero attached hydrogens (tertiary/aromatic N) is 2. The van der Waals surface area contributed by atoms with E-state index in [4.69, 9.17) is 0 Å². The second kappa shape index (κ2) is 2.79. The van der Waals surface area contributed by atoms with Crippen LogP contribution >= 0.6 is 0 Å². The van der Waals surface area contributed by atoms with Gasteiger partial charge in [-0.05, 0) is 18.6 Å². The Bertz CT molecular complexity index is 599. The molecule has 2 aromatic rings. The van der Waals surface area contributed by atoms with Crippen molar-refractivity contribution in [1.29, 1.82) is 0 Å². The van der Waals surface area contributed by atoms with Gasteiger partial charge in [-0.15, -0.1) is 0 Å². The van der Waals surface area contributed by atoms with Gasteiger partial charge in [-0.1, -0.05) is 18.2 Å². The van der Waals surface area contributed by atoms with Gasteiger partial charge in [0, 0.05) is 18.2 Å². The molecular formula is C12H10N2O. The summed E-state index contributed by atoms with van der Waals surface area (Å²) in [7, 11) is 0. The lowest BCUT2D eigenvalue weighted by atomic mass is 10.1. The van der Waals surface area contributed by atoms with E-state index in [0.717, 1.165) is 23.6 Å². The first-order valence-electron chi connectivity index (χ1n) is 4.93. The first kappa shape index (κ1) is 8.41. The van der Waals surface area contributed by atoms with Crippen molar-refractivity contribution in [3.63, 3.8) is 0 Å². The quantitative estimate of drug-likeness (QED) is 0.548. The molecule has 0 aliphatic carbocycles. The van der Waals surface area contributed by atoms with Gasteiger partial charge < -0.3 is 0 Å². The van der Waals surface area contributed by atoms with Crippen LogP contribution in [0.1, 0.15) is 17.1 Å². The third-order valence-corrected chi connectivity index (χ3v) is 2.70. The van der Waals surface area contributed by atoms with Gasteiger partial charge in [0.2, 0.25) is 0 Å². The molecule has 3 heteroatoms. The highest BCUT2D eigenvalue weighted by atomic mass is 16.1. The minimum absolute atomic E-state index is 0.0162. The monoisotopic (exact) mass is 198 g/mol. The van der Waals surface area contributed by atoms with Crippen LogP contribution in [0.15, 0.2) is 35.1 Å². The smallest absolute Gasteiger partial charge is 0.258 e. The minimum Gasteiger partial charge on any atom is -0.269 e. The van der Waals surface area contributed by atoms with Crippen LogP contribution in [0.5, 0.6) is 0 Å². The first-order valence-corrected chi connectivity index (χ1v) is 4.93. The Morgan fingerprint density at radius 1 is 1.33 bits per heavy atom.